The summed E-state index contributed by atoms with van der Waals surface area (Å²) in [7, 11) is 0. The fourth-order valence-electron chi connectivity index (χ4n) is 8.37. The average Bonchev–Trinajstić information content (AvgIpc) is 3.55. The van der Waals surface area contributed by atoms with Gasteiger partial charge in [-0.05, 0) is 80.0 Å². The Labute approximate surface area is 265 Å². The molecule has 0 unspecified atom stereocenters. The lowest BCUT2D eigenvalue weighted by Crippen LogP contribution is -2.53. The molecule has 10 heteroatoms. The fourth-order valence-corrected chi connectivity index (χ4v) is 8.73. The Morgan fingerprint density at radius 3 is 2.66 bits per heavy atom. The summed E-state index contributed by atoms with van der Waals surface area (Å²) in [6, 6.07) is 12.2. The van der Waals surface area contributed by atoms with E-state index in [2.05, 4.69) is 14.8 Å². The van der Waals surface area contributed by atoms with Crippen molar-refractivity contribution in [2.45, 2.75) is 70.5 Å². The first-order valence-corrected chi connectivity index (χ1v) is 15.4. The molecule has 44 heavy (non-hydrogen) atoms. The fraction of sp³-hybridized carbons (Fsp3) is 0.382. The maximum absolute atomic E-state index is 16.3. The van der Waals surface area contributed by atoms with Crippen molar-refractivity contribution in [2.24, 2.45) is 5.92 Å². The van der Waals surface area contributed by atoms with Gasteiger partial charge in [0.15, 0.2) is 0 Å². The Balaban J connectivity index is 0.00000312. The van der Waals surface area contributed by atoms with Crippen molar-refractivity contribution in [3.63, 3.8) is 0 Å². The summed E-state index contributed by atoms with van der Waals surface area (Å²) in [6.07, 6.45) is 2.90. The van der Waals surface area contributed by atoms with Gasteiger partial charge in [-0.25, -0.2) is 14.2 Å². The number of hydrogen-bond acceptors (Lipinski definition) is 4. The van der Waals surface area contributed by atoms with Crippen molar-refractivity contribution in [2.75, 3.05) is 11.9 Å². The molecule has 4 aromatic rings. The van der Waals surface area contributed by atoms with Gasteiger partial charge in [0.1, 0.15) is 17.2 Å². The molecule has 3 aromatic carbocycles. The molecule has 1 saturated carbocycles. The van der Waals surface area contributed by atoms with Crippen molar-refractivity contribution >= 4 is 51.8 Å². The second kappa shape index (κ2) is 10.0. The zero-order chi connectivity index (χ0) is 29.9. The molecule has 228 valence electrons. The standard InChI is InChI=1S/C33H29Cl2FN4O3.CH4/c1-15-12-24-29(16(2)25(15)31(41)42)38-30-26-23(10-11-39(24)30)40(14-17-6-7-17)33(27(26)19-4-3-5-21(35)28(19)36)20-9-8-18(34)13-22(20)37-32(33)43;/h3-5,8-9,12-13,17,23,26-27H,6-7,10-11,14H2,1-2H3,(H,37,43)(H,41,42);1H4/t23-,26+,27-,33+;/m0./s1. The molecule has 4 heterocycles. The predicted octanol–water partition coefficient (Wildman–Crippen LogP) is 7.65. The SMILES string of the molecule is C.Cc1cc2c(nc3n2CC[C@H]2[C@@H]3[C@H](c3cccc(Cl)c3F)[C@]3(C(=O)Nc4cc(Cl)ccc43)N2CC2CC2)c(C)c1C(=O)O. The predicted molar refractivity (Wildman–Crippen MR) is 169 cm³/mol. The van der Waals surface area contributed by atoms with Gasteiger partial charge in [-0.15, -0.1) is 0 Å². The van der Waals surface area contributed by atoms with Crippen LogP contribution in [0.15, 0.2) is 42.5 Å². The molecule has 3 aliphatic heterocycles. The minimum atomic E-state index is -1.21. The molecule has 4 aliphatic rings. The number of aromatic nitrogens is 2. The number of likely N-dealkylation sites (tertiary alicyclic amines) is 1. The highest BCUT2D eigenvalue weighted by molar-refractivity contribution is 6.31. The summed E-state index contributed by atoms with van der Waals surface area (Å²) in [5, 5.41) is 13.6. The summed E-state index contributed by atoms with van der Waals surface area (Å²) >= 11 is 12.8. The molecule has 8 rings (SSSR count). The molecule has 2 N–H and O–H groups in total. The number of carbonyl (C=O) groups excluding carboxylic acids is 1. The number of carboxylic acid groups (broad SMARTS) is 1. The number of nitrogens with zero attached hydrogens (tertiary/aromatic N) is 3. The molecule has 0 bridgehead atoms. The first-order chi connectivity index (χ1) is 20.6. The molecule has 1 amide bonds. The number of benzene rings is 3. The van der Waals surface area contributed by atoms with Crippen LogP contribution in [0.1, 0.15) is 77.0 Å². The Hall–Kier alpha value is -3.46. The summed E-state index contributed by atoms with van der Waals surface area (Å²) in [6.45, 7) is 4.95. The van der Waals surface area contributed by atoms with Crippen molar-refractivity contribution in [1.29, 1.82) is 0 Å². The topological polar surface area (TPSA) is 87.5 Å². The molecule has 1 aliphatic carbocycles. The van der Waals surface area contributed by atoms with Crippen LogP contribution in [-0.2, 0) is 16.9 Å². The number of aryl methyl sites for hydroxylation is 3. The van der Waals surface area contributed by atoms with E-state index >= 15 is 4.39 Å². The quantitative estimate of drug-likeness (QED) is 0.241. The number of halogens is 3. The molecule has 0 radical (unpaired) electrons. The van der Waals surface area contributed by atoms with Crippen molar-refractivity contribution in [3.8, 4) is 0 Å². The highest BCUT2D eigenvalue weighted by atomic mass is 35.5. The third-order valence-electron chi connectivity index (χ3n) is 10.2. The van der Waals surface area contributed by atoms with E-state index in [0.717, 1.165) is 36.2 Å². The zero-order valence-corrected chi connectivity index (χ0v) is 25.1. The second-order valence-corrected chi connectivity index (χ2v) is 13.3. The number of amides is 1. The Morgan fingerprint density at radius 2 is 1.93 bits per heavy atom. The summed E-state index contributed by atoms with van der Waals surface area (Å²) in [5.74, 6) is -1.56. The van der Waals surface area contributed by atoms with Crippen LogP contribution in [0.2, 0.25) is 10.0 Å². The van der Waals surface area contributed by atoms with Crippen LogP contribution in [0.3, 0.4) is 0 Å². The summed E-state index contributed by atoms with van der Waals surface area (Å²) in [4.78, 5) is 34.2. The number of carbonyl (C=O) groups is 2. The van der Waals surface area contributed by atoms with Crippen molar-refractivity contribution in [1.82, 2.24) is 14.5 Å². The van der Waals surface area contributed by atoms with E-state index in [-0.39, 0.29) is 35.9 Å². The van der Waals surface area contributed by atoms with E-state index in [1.165, 1.54) is 6.07 Å². The first-order valence-electron chi connectivity index (χ1n) is 14.7. The number of nitrogens with one attached hydrogen (secondary N) is 1. The van der Waals surface area contributed by atoms with Gasteiger partial charge in [0.05, 0.1) is 21.6 Å². The lowest BCUT2D eigenvalue weighted by atomic mass is 9.70. The van der Waals surface area contributed by atoms with Crippen LogP contribution < -0.4 is 5.32 Å². The van der Waals surface area contributed by atoms with Gasteiger partial charge < -0.3 is 15.0 Å². The number of rotatable bonds is 4. The van der Waals surface area contributed by atoms with Crippen LogP contribution in [0.25, 0.3) is 11.0 Å². The minimum Gasteiger partial charge on any atom is -0.478 e. The Morgan fingerprint density at radius 1 is 1.16 bits per heavy atom. The van der Waals surface area contributed by atoms with E-state index in [0.29, 0.717) is 51.9 Å². The number of aromatic carboxylic acids is 1. The molecule has 4 atom stereocenters. The van der Waals surface area contributed by atoms with Crippen molar-refractivity contribution < 1.29 is 19.1 Å². The van der Waals surface area contributed by atoms with Gasteiger partial charge in [0.25, 0.3) is 0 Å². The van der Waals surface area contributed by atoms with Gasteiger partial charge in [0.2, 0.25) is 5.91 Å². The van der Waals surface area contributed by atoms with E-state index in [9.17, 15) is 14.7 Å². The summed E-state index contributed by atoms with van der Waals surface area (Å²) in [5.41, 5.74) is 3.58. The zero-order valence-electron chi connectivity index (χ0n) is 23.6. The Bertz CT molecular complexity index is 1900. The highest BCUT2D eigenvalue weighted by Crippen LogP contribution is 2.64. The van der Waals surface area contributed by atoms with Gasteiger partial charge in [-0.1, -0.05) is 48.8 Å². The lowest BCUT2D eigenvalue weighted by molar-refractivity contribution is -0.128. The molecular weight excluding hydrogens is 602 g/mol. The third-order valence-corrected chi connectivity index (χ3v) is 10.7. The number of fused-ring (bicyclic) bond motifs is 7. The largest absolute Gasteiger partial charge is 0.478 e. The summed E-state index contributed by atoms with van der Waals surface area (Å²) < 4.78 is 18.4. The Kier molecular flexibility index (Phi) is 6.67. The molecule has 1 saturated heterocycles. The molecule has 7 nitrogen and oxygen atoms in total. The van der Waals surface area contributed by atoms with E-state index in [4.69, 9.17) is 28.2 Å². The van der Waals surface area contributed by atoms with Crippen LogP contribution in [0.5, 0.6) is 0 Å². The second-order valence-electron chi connectivity index (χ2n) is 12.5. The smallest absolute Gasteiger partial charge is 0.336 e. The van der Waals surface area contributed by atoms with Crippen LogP contribution >= 0.6 is 23.2 Å². The van der Waals surface area contributed by atoms with Gasteiger partial charge in [-0.3, -0.25) is 9.69 Å². The third kappa shape index (κ3) is 3.80. The number of carboxylic acids is 1. The average molecular weight is 636 g/mol. The molecular formula is C34H33Cl2FN4O3. The normalized spacial score (nSPS) is 25.5. The molecule has 1 spiro atoms. The van der Waals surface area contributed by atoms with E-state index < -0.39 is 23.2 Å². The lowest BCUT2D eigenvalue weighted by Gasteiger charge is -2.40. The van der Waals surface area contributed by atoms with Crippen LogP contribution in [0, 0.1) is 25.6 Å². The number of hydrogen-bond donors (Lipinski definition) is 2. The number of imidazole rings is 1. The van der Waals surface area contributed by atoms with Gasteiger partial charge in [0, 0.05) is 47.2 Å². The highest BCUT2D eigenvalue weighted by Gasteiger charge is 2.69. The van der Waals surface area contributed by atoms with Crippen LogP contribution in [-0.4, -0.2) is 44.0 Å². The maximum atomic E-state index is 16.3. The molecule has 2 fully saturated rings. The van der Waals surface area contributed by atoms with Crippen molar-refractivity contribution in [3.05, 3.63) is 92.0 Å². The van der Waals surface area contributed by atoms with E-state index in [1.54, 1.807) is 38.1 Å². The van der Waals surface area contributed by atoms with Gasteiger partial charge in [-0.2, -0.15) is 0 Å². The maximum Gasteiger partial charge on any atom is 0.336 e. The van der Waals surface area contributed by atoms with E-state index in [1.807, 2.05) is 12.1 Å². The van der Waals surface area contributed by atoms with Gasteiger partial charge >= 0.3 is 5.97 Å². The monoisotopic (exact) mass is 634 g/mol. The minimum absolute atomic E-state index is 0. The van der Waals surface area contributed by atoms with Crippen LogP contribution in [0.4, 0.5) is 10.1 Å². The number of anilines is 1. The first kappa shape index (κ1) is 29.3. The molecule has 1 aromatic heterocycles.